The third-order valence-electron chi connectivity index (χ3n) is 4.55. The third-order valence-corrected chi connectivity index (χ3v) is 5.06. The molecule has 3 aromatic carbocycles. The average Bonchev–Trinajstić information content (AvgIpc) is 2.78. The van der Waals surface area contributed by atoms with Gasteiger partial charge in [0.05, 0.1) is 22.9 Å². The zero-order valence-corrected chi connectivity index (χ0v) is 19.2. The second kappa shape index (κ2) is 11.2. The Balaban J connectivity index is 2.06. The SMILES string of the molecule is COCC(Oc1cc(C(=O)O)cc2cc(Cl)cc(Cl)c12)C(=O)N(OCC(=O)O)c1ccccc1. The number of nitrogens with zero attached hydrogens (tertiary/aromatic N) is 1. The third kappa shape index (κ3) is 5.95. The minimum atomic E-state index is -1.35. The van der Waals surface area contributed by atoms with Gasteiger partial charge in [-0.05, 0) is 41.8 Å². The maximum Gasteiger partial charge on any atom is 0.335 e. The fourth-order valence-corrected chi connectivity index (χ4v) is 3.75. The van der Waals surface area contributed by atoms with Crippen molar-refractivity contribution in [1.82, 2.24) is 0 Å². The highest BCUT2D eigenvalue weighted by molar-refractivity contribution is 6.39. The molecule has 1 amide bonds. The fraction of sp³-hybridized carbons (Fsp3) is 0.174. The molecule has 0 heterocycles. The number of carbonyl (C=O) groups excluding carboxylic acids is 1. The van der Waals surface area contributed by atoms with E-state index in [1.165, 1.54) is 31.4 Å². The lowest BCUT2D eigenvalue weighted by molar-refractivity contribution is -0.146. The summed E-state index contributed by atoms with van der Waals surface area (Å²) < 4.78 is 11.0. The smallest absolute Gasteiger partial charge is 0.335 e. The largest absolute Gasteiger partial charge is 0.479 e. The summed E-state index contributed by atoms with van der Waals surface area (Å²) in [4.78, 5) is 41.3. The summed E-state index contributed by atoms with van der Waals surface area (Å²) in [5.41, 5.74) is 0.138. The van der Waals surface area contributed by atoms with Crippen molar-refractivity contribution in [3.05, 3.63) is 70.2 Å². The van der Waals surface area contributed by atoms with Crippen LogP contribution in [0.25, 0.3) is 10.8 Å². The summed E-state index contributed by atoms with van der Waals surface area (Å²) in [6.07, 6.45) is -1.35. The number of anilines is 1. The molecule has 2 N–H and O–H groups in total. The lowest BCUT2D eigenvalue weighted by atomic mass is 10.1. The molecule has 0 aromatic heterocycles. The number of carbonyl (C=O) groups is 3. The summed E-state index contributed by atoms with van der Waals surface area (Å²) in [6, 6.07) is 13.7. The predicted octanol–water partition coefficient (Wildman–Crippen LogP) is 4.29. The number of para-hydroxylation sites is 1. The summed E-state index contributed by atoms with van der Waals surface area (Å²) in [6.45, 7) is -1.05. The standard InChI is InChI=1S/C23H19Cl2NO8/c1-32-11-19(22(29)26(33-12-20(27)28)16-5-3-2-4-6-16)34-18-9-14(23(30)31)7-13-8-15(24)10-17(25)21(13)18/h2-10,19H,11-12H2,1H3,(H,27,28)(H,30,31). The van der Waals surface area contributed by atoms with Crippen LogP contribution in [0.3, 0.4) is 0 Å². The van der Waals surface area contributed by atoms with Crippen LogP contribution in [-0.4, -0.2) is 54.5 Å². The van der Waals surface area contributed by atoms with Crippen LogP contribution in [0.1, 0.15) is 10.4 Å². The summed E-state index contributed by atoms with van der Waals surface area (Å²) in [5.74, 6) is -3.30. The van der Waals surface area contributed by atoms with Crippen LogP contribution in [-0.2, 0) is 19.2 Å². The van der Waals surface area contributed by atoms with E-state index >= 15 is 0 Å². The van der Waals surface area contributed by atoms with Crippen LogP contribution in [0.5, 0.6) is 5.75 Å². The Labute approximate surface area is 203 Å². The molecule has 0 bridgehead atoms. The molecule has 0 aliphatic carbocycles. The molecule has 1 unspecified atom stereocenters. The Morgan fingerprint density at radius 2 is 1.74 bits per heavy atom. The van der Waals surface area contributed by atoms with Gasteiger partial charge in [-0.3, -0.25) is 9.63 Å². The average molecular weight is 508 g/mol. The maximum absolute atomic E-state index is 13.4. The van der Waals surface area contributed by atoms with E-state index in [0.717, 1.165) is 5.06 Å². The van der Waals surface area contributed by atoms with E-state index in [9.17, 15) is 19.5 Å². The number of carboxylic acid groups (broad SMARTS) is 2. The number of carboxylic acids is 2. The van der Waals surface area contributed by atoms with Crippen molar-refractivity contribution in [2.75, 3.05) is 25.4 Å². The minimum Gasteiger partial charge on any atom is -0.479 e. The molecule has 0 radical (unpaired) electrons. The Morgan fingerprint density at radius 1 is 1.03 bits per heavy atom. The van der Waals surface area contributed by atoms with Gasteiger partial charge in [-0.15, -0.1) is 0 Å². The van der Waals surface area contributed by atoms with Crippen molar-refractivity contribution in [1.29, 1.82) is 0 Å². The predicted molar refractivity (Wildman–Crippen MR) is 125 cm³/mol. The number of methoxy groups -OCH3 is 1. The van der Waals surface area contributed by atoms with Crippen LogP contribution in [0.2, 0.25) is 10.0 Å². The minimum absolute atomic E-state index is 0.00165. The first kappa shape index (κ1) is 25.3. The van der Waals surface area contributed by atoms with Crippen LogP contribution < -0.4 is 9.80 Å². The van der Waals surface area contributed by atoms with Gasteiger partial charge in [0.1, 0.15) is 5.75 Å². The lowest BCUT2D eigenvalue weighted by Gasteiger charge is -2.26. The number of ether oxygens (including phenoxy) is 2. The molecule has 0 fully saturated rings. The summed E-state index contributed by atoms with van der Waals surface area (Å²) >= 11 is 12.4. The molecule has 34 heavy (non-hydrogen) atoms. The van der Waals surface area contributed by atoms with Gasteiger partial charge in [0.15, 0.2) is 6.61 Å². The molecule has 0 saturated carbocycles. The van der Waals surface area contributed by atoms with Crippen molar-refractivity contribution in [3.63, 3.8) is 0 Å². The maximum atomic E-state index is 13.4. The topological polar surface area (TPSA) is 123 Å². The number of halogens is 2. The summed E-state index contributed by atoms with van der Waals surface area (Å²) in [7, 11) is 1.34. The van der Waals surface area contributed by atoms with Crippen LogP contribution >= 0.6 is 23.2 Å². The van der Waals surface area contributed by atoms with Gasteiger partial charge in [-0.2, -0.15) is 5.06 Å². The molecule has 0 spiro atoms. The van der Waals surface area contributed by atoms with E-state index in [4.69, 9.17) is 42.6 Å². The number of rotatable bonds is 10. The van der Waals surface area contributed by atoms with Gasteiger partial charge in [0.2, 0.25) is 6.10 Å². The van der Waals surface area contributed by atoms with Crippen molar-refractivity contribution in [2.24, 2.45) is 0 Å². The van der Waals surface area contributed by atoms with Crippen molar-refractivity contribution in [3.8, 4) is 5.75 Å². The highest BCUT2D eigenvalue weighted by Gasteiger charge is 2.30. The molecule has 178 valence electrons. The molecule has 0 saturated heterocycles. The Morgan fingerprint density at radius 3 is 2.35 bits per heavy atom. The van der Waals surface area contributed by atoms with Gasteiger partial charge in [-0.25, -0.2) is 9.59 Å². The molecule has 3 rings (SSSR count). The monoisotopic (exact) mass is 507 g/mol. The number of hydrogen-bond acceptors (Lipinski definition) is 6. The second-order valence-corrected chi connectivity index (χ2v) is 7.81. The lowest BCUT2D eigenvalue weighted by Crippen LogP contribution is -2.45. The number of fused-ring (bicyclic) bond motifs is 1. The van der Waals surface area contributed by atoms with Gasteiger partial charge in [0, 0.05) is 17.5 Å². The highest BCUT2D eigenvalue weighted by Crippen LogP contribution is 2.37. The normalized spacial score (nSPS) is 11.7. The molecule has 1 atom stereocenters. The van der Waals surface area contributed by atoms with Gasteiger partial charge < -0.3 is 19.7 Å². The molecule has 11 heteroatoms. The molecular formula is C23H19Cl2NO8. The quantitative estimate of drug-likeness (QED) is 0.389. The van der Waals surface area contributed by atoms with Crippen molar-refractivity contribution in [2.45, 2.75) is 6.10 Å². The zero-order chi connectivity index (χ0) is 24.8. The molecular weight excluding hydrogens is 489 g/mol. The molecule has 3 aromatic rings. The van der Waals surface area contributed by atoms with Gasteiger partial charge in [0.25, 0.3) is 5.91 Å². The second-order valence-electron chi connectivity index (χ2n) is 6.96. The number of hydrogen-bond donors (Lipinski definition) is 2. The van der Waals surface area contributed by atoms with Gasteiger partial charge in [-0.1, -0.05) is 41.4 Å². The first-order valence-corrected chi connectivity index (χ1v) is 10.5. The molecule has 9 nitrogen and oxygen atoms in total. The van der Waals surface area contributed by atoms with E-state index in [1.807, 2.05) is 0 Å². The number of hydroxylamine groups is 1. The highest BCUT2D eigenvalue weighted by atomic mass is 35.5. The van der Waals surface area contributed by atoms with Crippen LogP contribution in [0, 0.1) is 0 Å². The number of benzene rings is 3. The van der Waals surface area contributed by atoms with E-state index in [1.54, 1.807) is 30.3 Å². The Hall–Kier alpha value is -3.37. The van der Waals surface area contributed by atoms with Crippen LogP contribution in [0.4, 0.5) is 5.69 Å². The van der Waals surface area contributed by atoms with Crippen LogP contribution in [0.15, 0.2) is 54.6 Å². The van der Waals surface area contributed by atoms with E-state index in [2.05, 4.69) is 0 Å². The Kier molecular flexibility index (Phi) is 8.30. The van der Waals surface area contributed by atoms with Crippen molar-refractivity contribution >= 4 is 57.5 Å². The van der Waals surface area contributed by atoms with E-state index < -0.39 is 30.6 Å². The summed E-state index contributed by atoms with van der Waals surface area (Å²) in [5, 5.41) is 20.5. The number of aliphatic carboxylic acids is 1. The van der Waals surface area contributed by atoms with Crippen molar-refractivity contribution < 1.29 is 38.9 Å². The number of amides is 1. The van der Waals surface area contributed by atoms with E-state index in [-0.39, 0.29) is 33.7 Å². The fourth-order valence-electron chi connectivity index (χ4n) is 3.15. The van der Waals surface area contributed by atoms with Gasteiger partial charge >= 0.3 is 11.9 Å². The number of aromatic carboxylic acids is 1. The first-order chi connectivity index (χ1) is 16.2. The molecule has 0 aliphatic heterocycles. The zero-order valence-electron chi connectivity index (χ0n) is 17.7. The Bertz CT molecular complexity index is 1220. The van der Waals surface area contributed by atoms with E-state index in [0.29, 0.717) is 10.8 Å². The first-order valence-electron chi connectivity index (χ1n) is 9.76. The molecule has 0 aliphatic rings.